The Morgan fingerprint density at radius 2 is 2.22 bits per heavy atom. The molecule has 2 aromatic heterocycles. The summed E-state index contributed by atoms with van der Waals surface area (Å²) in [6.07, 6.45) is -0.102. The molecule has 0 saturated heterocycles. The van der Waals surface area contributed by atoms with Gasteiger partial charge in [0, 0.05) is 26.8 Å². The summed E-state index contributed by atoms with van der Waals surface area (Å²) in [4.78, 5) is 16.3. The second-order valence-electron chi connectivity index (χ2n) is 5.53. The summed E-state index contributed by atoms with van der Waals surface area (Å²) in [5, 5.41) is 16.4. The molecular formula is C17H17ClN2O2S. The van der Waals surface area contributed by atoms with Crippen molar-refractivity contribution in [3.05, 3.63) is 57.4 Å². The van der Waals surface area contributed by atoms with Crippen LogP contribution < -0.4 is 5.32 Å². The maximum Gasteiger partial charge on any atom is 0.267 e. The number of fused-ring (bicyclic) bond motifs is 1. The molecule has 0 aliphatic carbocycles. The van der Waals surface area contributed by atoms with Gasteiger partial charge in [-0.2, -0.15) is 0 Å². The number of hydrogen-bond acceptors (Lipinski definition) is 3. The number of amides is 1. The van der Waals surface area contributed by atoms with Gasteiger partial charge >= 0.3 is 0 Å². The van der Waals surface area contributed by atoms with Crippen molar-refractivity contribution in [2.45, 2.75) is 25.5 Å². The zero-order valence-electron chi connectivity index (χ0n) is 12.5. The van der Waals surface area contributed by atoms with E-state index in [4.69, 9.17) is 11.6 Å². The van der Waals surface area contributed by atoms with Crippen LogP contribution in [-0.4, -0.2) is 22.0 Å². The highest BCUT2D eigenvalue weighted by Gasteiger charge is 2.17. The summed E-state index contributed by atoms with van der Waals surface area (Å²) < 4.78 is 0. The largest absolute Gasteiger partial charge is 0.387 e. The van der Waals surface area contributed by atoms with Crippen molar-refractivity contribution >= 4 is 39.7 Å². The zero-order valence-corrected chi connectivity index (χ0v) is 14.1. The Bertz CT molecular complexity index is 813. The van der Waals surface area contributed by atoms with Crippen LogP contribution in [0.25, 0.3) is 10.9 Å². The predicted molar refractivity (Wildman–Crippen MR) is 94.1 cm³/mol. The van der Waals surface area contributed by atoms with Crippen LogP contribution in [0.5, 0.6) is 0 Å². The Morgan fingerprint density at radius 1 is 1.39 bits per heavy atom. The van der Waals surface area contributed by atoms with E-state index < -0.39 is 6.10 Å². The number of nitrogens with one attached hydrogen (secondary N) is 2. The summed E-state index contributed by atoms with van der Waals surface area (Å²) in [6, 6.07) is 10.9. The Morgan fingerprint density at radius 3 is 2.91 bits per heavy atom. The first-order valence-corrected chi connectivity index (χ1v) is 8.60. The number of carbonyl (C=O) groups is 1. The van der Waals surface area contributed by atoms with E-state index in [1.165, 1.54) is 11.3 Å². The van der Waals surface area contributed by atoms with Gasteiger partial charge in [-0.15, -0.1) is 11.3 Å². The number of rotatable bonds is 5. The van der Waals surface area contributed by atoms with Crippen molar-refractivity contribution in [1.29, 1.82) is 0 Å². The quantitative estimate of drug-likeness (QED) is 0.649. The van der Waals surface area contributed by atoms with Gasteiger partial charge in [0.15, 0.2) is 0 Å². The van der Waals surface area contributed by atoms with E-state index in [0.29, 0.717) is 17.1 Å². The molecule has 2 heterocycles. The summed E-state index contributed by atoms with van der Waals surface area (Å²) >= 11 is 7.63. The lowest BCUT2D eigenvalue weighted by molar-refractivity contribution is 0.0914. The van der Waals surface area contributed by atoms with Crippen LogP contribution in [-0.2, 0) is 0 Å². The number of halogens is 1. The molecule has 2 unspecified atom stereocenters. The molecule has 1 aromatic carbocycles. The van der Waals surface area contributed by atoms with Gasteiger partial charge in [-0.25, -0.2) is 0 Å². The lowest BCUT2D eigenvalue weighted by Gasteiger charge is -2.16. The molecular weight excluding hydrogens is 332 g/mol. The van der Waals surface area contributed by atoms with Crippen molar-refractivity contribution in [2.75, 3.05) is 0 Å². The van der Waals surface area contributed by atoms with E-state index in [9.17, 15) is 9.90 Å². The molecule has 6 heteroatoms. The topological polar surface area (TPSA) is 65.1 Å². The molecule has 0 saturated carbocycles. The van der Waals surface area contributed by atoms with Gasteiger partial charge in [-0.05, 0) is 43.0 Å². The molecule has 0 bridgehead atoms. The maximum absolute atomic E-state index is 12.3. The minimum Gasteiger partial charge on any atom is -0.387 e. The number of aliphatic hydroxyl groups is 1. The smallest absolute Gasteiger partial charge is 0.267 e. The fourth-order valence-corrected chi connectivity index (χ4v) is 3.49. The third-order valence-electron chi connectivity index (χ3n) is 3.68. The maximum atomic E-state index is 12.3. The van der Waals surface area contributed by atoms with Gasteiger partial charge < -0.3 is 15.4 Å². The average molecular weight is 349 g/mol. The van der Waals surface area contributed by atoms with Crippen molar-refractivity contribution in [3.8, 4) is 0 Å². The highest BCUT2D eigenvalue weighted by Crippen LogP contribution is 2.25. The molecule has 0 radical (unpaired) electrons. The van der Waals surface area contributed by atoms with Crippen LogP contribution in [0.4, 0.5) is 0 Å². The lowest BCUT2D eigenvalue weighted by atomic mass is 10.1. The van der Waals surface area contributed by atoms with Gasteiger partial charge in [0.25, 0.3) is 5.91 Å². The van der Waals surface area contributed by atoms with Gasteiger partial charge in [-0.1, -0.05) is 23.7 Å². The first kappa shape index (κ1) is 16.1. The molecule has 0 aliphatic rings. The third kappa shape index (κ3) is 3.58. The van der Waals surface area contributed by atoms with Gasteiger partial charge in [-0.3, -0.25) is 4.79 Å². The molecule has 3 N–H and O–H groups in total. The van der Waals surface area contributed by atoms with Gasteiger partial charge in [0.2, 0.25) is 0 Å². The van der Waals surface area contributed by atoms with Gasteiger partial charge in [0.05, 0.1) is 6.10 Å². The molecule has 0 aliphatic heterocycles. The molecule has 0 fully saturated rings. The monoisotopic (exact) mass is 348 g/mol. The molecule has 0 spiro atoms. The standard InChI is InChI=1S/C17H17ClN2O2S/c1-10(8-15(21)16-6-3-7-23-16)19-17(22)14-9-11-12(18)4-2-5-13(11)20-14/h2-7,9-10,15,20-21H,8H2,1H3,(H,19,22). The number of thiophene rings is 1. The van der Waals surface area contributed by atoms with Crippen molar-refractivity contribution in [3.63, 3.8) is 0 Å². The highest BCUT2D eigenvalue weighted by molar-refractivity contribution is 7.10. The molecule has 2 atom stereocenters. The van der Waals surface area contributed by atoms with Crippen molar-refractivity contribution in [1.82, 2.24) is 10.3 Å². The van der Waals surface area contributed by atoms with E-state index in [1.54, 1.807) is 12.1 Å². The van der Waals surface area contributed by atoms with E-state index in [2.05, 4.69) is 10.3 Å². The number of aromatic amines is 1. The first-order chi connectivity index (χ1) is 11.0. The first-order valence-electron chi connectivity index (χ1n) is 7.34. The molecule has 120 valence electrons. The molecule has 4 nitrogen and oxygen atoms in total. The van der Waals surface area contributed by atoms with Crippen molar-refractivity contribution < 1.29 is 9.90 Å². The van der Waals surface area contributed by atoms with E-state index in [1.807, 2.05) is 36.6 Å². The molecule has 3 aromatic rings. The minimum absolute atomic E-state index is 0.151. The van der Waals surface area contributed by atoms with Gasteiger partial charge in [0.1, 0.15) is 5.69 Å². The summed E-state index contributed by atoms with van der Waals surface area (Å²) in [6.45, 7) is 1.88. The summed E-state index contributed by atoms with van der Waals surface area (Å²) in [7, 11) is 0. The van der Waals surface area contributed by atoms with Crippen LogP contribution in [0.2, 0.25) is 5.02 Å². The number of aromatic nitrogens is 1. The predicted octanol–water partition coefficient (Wildman–Crippen LogP) is 4.12. The Balaban J connectivity index is 1.66. The van der Waals surface area contributed by atoms with E-state index >= 15 is 0 Å². The average Bonchev–Trinajstić information content (AvgIpc) is 3.17. The fourth-order valence-electron chi connectivity index (χ4n) is 2.53. The van der Waals surface area contributed by atoms with Crippen LogP contribution in [0.1, 0.15) is 34.8 Å². The van der Waals surface area contributed by atoms with Crippen LogP contribution >= 0.6 is 22.9 Å². The Labute approximate surface area is 143 Å². The number of carbonyl (C=O) groups excluding carboxylic acids is 1. The zero-order chi connectivity index (χ0) is 16.4. The number of hydrogen-bond donors (Lipinski definition) is 3. The third-order valence-corrected chi connectivity index (χ3v) is 4.98. The second kappa shape index (κ2) is 6.74. The summed E-state index contributed by atoms with van der Waals surface area (Å²) in [5.41, 5.74) is 1.29. The molecule has 23 heavy (non-hydrogen) atoms. The van der Waals surface area contributed by atoms with Crippen LogP contribution in [0.3, 0.4) is 0 Å². The molecule has 1 amide bonds. The second-order valence-corrected chi connectivity index (χ2v) is 6.91. The number of aliphatic hydroxyl groups excluding tert-OH is 1. The highest BCUT2D eigenvalue weighted by atomic mass is 35.5. The molecule has 3 rings (SSSR count). The SMILES string of the molecule is CC(CC(O)c1cccs1)NC(=O)c1cc2c(Cl)cccc2[nH]1. The normalized spacial score (nSPS) is 13.9. The Hall–Kier alpha value is -1.82. The van der Waals surface area contributed by atoms with Crippen LogP contribution in [0, 0.1) is 0 Å². The van der Waals surface area contributed by atoms with Crippen molar-refractivity contribution in [2.24, 2.45) is 0 Å². The fraction of sp³-hybridized carbons (Fsp3) is 0.235. The number of benzene rings is 1. The van der Waals surface area contributed by atoms with Crippen LogP contribution in [0.15, 0.2) is 41.8 Å². The van der Waals surface area contributed by atoms with E-state index in [0.717, 1.165) is 15.8 Å². The summed E-state index contributed by atoms with van der Waals surface area (Å²) in [5.74, 6) is -0.205. The minimum atomic E-state index is -0.567. The number of H-pyrrole nitrogens is 1. The van der Waals surface area contributed by atoms with E-state index in [-0.39, 0.29) is 11.9 Å². The lowest BCUT2D eigenvalue weighted by Crippen LogP contribution is -2.33. The Kier molecular flexibility index (Phi) is 4.71.